The third-order valence-corrected chi connectivity index (χ3v) is 31.3. The minimum absolute atomic E-state index is 0.213. The van der Waals surface area contributed by atoms with E-state index in [0.717, 1.165) is 123 Å². The van der Waals surface area contributed by atoms with E-state index in [-0.39, 0.29) is 16.2 Å². The number of para-hydroxylation sites is 6. The van der Waals surface area contributed by atoms with Gasteiger partial charge in [-0.15, -0.1) is 0 Å². The maximum Gasteiger partial charge on any atom is 0.0462 e. The minimum Gasteiger partial charge on any atom is -0.311 e. The summed E-state index contributed by atoms with van der Waals surface area (Å²) in [5.41, 5.74) is 40.3. The summed E-state index contributed by atoms with van der Waals surface area (Å²) >= 11 is 0. The second kappa shape index (κ2) is 47.2. The van der Waals surface area contributed by atoms with Crippen molar-refractivity contribution in [2.45, 2.75) is 250 Å². The quantitative estimate of drug-likeness (QED) is 0.0279. The molecule has 0 fully saturated rings. The first-order valence-electron chi connectivity index (χ1n) is 54.7. The van der Waals surface area contributed by atoms with Gasteiger partial charge in [0.1, 0.15) is 0 Å². The van der Waals surface area contributed by atoms with Crippen molar-refractivity contribution in [2.24, 2.45) is 0 Å². The normalized spacial score (nSPS) is 12.8. The first kappa shape index (κ1) is 98.4. The van der Waals surface area contributed by atoms with E-state index in [0.29, 0.717) is 0 Å². The molecule has 16 aromatic carbocycles. The maximum atomic E-state index is 3.78. The molecule has 0 aliphatic heterocycles. The zero-order valence-electron chi connectivity index (χ0n) is 85.9. The van der Waals surface area contributed by atoms with Crippen LogP contribution in [0.5, 0.6) is 0 Å². The predicted molar refractivity (Wildman–Crippen MR) is 615 cm³/mol. The fourth-order valence-electron chi connectivity index (χ4n) is 23.8. The molecule has 0 amide bonds. The second-order valence-corrected chi connectivity index (χ2v) is 40.9. The molecule has 0 saturated heterocycles. The fourth-order valence-corrected chi connectivity index (χ4v) is 23.8. The molecular weight excluding hydrogens is 1740 g/mol. The molecule has 0 aromatic heterocycles. The van der Waals surface area contributed by atoms with Gasteiger partial charge in [0.15, 0.2) is 0 Å². The van der Waals surface area contributed by atoms with E-state index in [9.17, 15) is 0 Å². The van der Waals surface area contributed by atoms with Crippen LogP contribution in [-0.2, 0) is 16.2 Å². The molecule has 0 atom stereocenters. The van der Waals surface area contributed by atoms with Crippen molar-refractivity contribution in [3.8, 4) is 102 Å². The molecule has 0 saturated carbocycles. The van der Waals surface area contributed by atoms with Gasteiger partial charge in [0.05, 0.1) is 0 Å². The average Bonchev–Trinajstić information content (AvgIpc) is 1.57. The summed E-state index contributed by atoms with van der Waals surface area (Å²) < 4.78 is 0. The zero-order valence-corrected chi connectivity index (χ0v) is 85.9. The van der Waals surface area contributed by atoms with Crippen LogP contribution in [0, 0.1) is 35.5 Å². The Morgan fingerprint density at radius 1 is 0.153 bits per heavy atom. The van der Waals surface area contributed by atoms with Gasteiger partial charge in [-0.05, 0) is 357 Å². The van der Waals surface area contributed by atoms with Crippen molar-refractivity contribution in [3.63, 3.8) is 0 Å². The number of hydrogen-bond acceptors (Lipinski definition) is 3. The molecule has 0 radical (unpaired) electrons. The molecule has 19 rings (SSSR count). The smallest absolute Gasteiger partial charge is 0.0462 e. The fraction of sp³-hybridized carbons (Fsp3) is 0.277. The van der Waals surface area contributed by atoms with E-state index in [2.05, 4.69) is 474 Å². The molecule has 0 bridgehead atoms. The SMILES string of the molecule is CCCCCCC1(CCCCCC)c2cc(C#Cc3ccc(N(c4ccccc4)c4ccccc4)cc3)ccc2-c2ccc(-c3cc(-c4ccc5c(c4)C(CCCCCC)(CCCCCC)c4cc(C#Cc6ccc(N(c7ccccc7)c7ccccc7)cc6)ccc4-5)cc(-c4ccc5c(c4)C(CCCCCC)(CCCCCC)c4cc(C#Cc6ccc(N(c7ccccc7)c7ccccc7)cc6)ccc4-5)c3)cc21. The Morgan fingerprint density at radius 3 is 0.528 bits per heavy atom. The minimum atomic E-state index is -0.213. The molecule has 3 heteroatoms. The van der Waals surface area contributed by atoms with Crippen LogP contribution in [0.15, 0.2) is 382 Å². The van der Waals surface area contributed by atoms with Crippen LogP contribution in [0.2, 0.25) is 0 Å². The number of fused-ring (bicyclic) bond motifs is 9. The largest absolute Gasteiger partial charge is 0.311 e. The Balaban J connectivity index is 0.744. The predicted octanol–water partition coefficient (Wildman–Crippen LogP) is 39.9. The van der Waals surface area contributed by atoms with Gasteiger partial charge < -0.3 is 14.7 Å². The summed E-state index contributed by atoms with van der Waals surface area (Å²) in [7, 11) is 0. The first-order valence-corrected chi connectivity index (χ1v) is 54.7. The van der Waals surface area contributed by atoms with Gasteiger partial charge in [-0.1, -0.05) is 395 Å². The molecule has 3 aliphatic carbocycles. The van der Waals surface area contributed by atoms with Crippen molar-refractivity contribution in [1.29, 1.82) is 0 Å². The molecule has 0 spiro atoms. The summed E-state index contributed by atoms with van der Waals surface area (Å²) in [5.74, 6) is 22.4. The molecule has 0 N–H and O–H groups in total. The van der Waals surface area contributed by atoms with E-state index in [4.69, 9.17) is 0 Å². The van der Waals surface area contributed by atoms with E-state index in [1.54, 1.807) is 0 Å². The lowest BCUT2D eigenvalue weighted by Gasteiger charge is -2.33. The van der Waals surface area contributed by atoms with Gasteiger partial charge in [-0.3, -0.25) is 0 Å². The highest BCUT2D eigenvalue weighted by molar-refractivity contribution is 5.92. The molecule has 720 valence electrons. The number of rotatable bonds is 42. The maximum absolute atomic E-state index is 3.78. The number of nitrogens with zero attached hydrogens (tertiary/aromatic N) is 3. The van der Waals surface area contributed by atoms with Gasteiger partial charge in [-0.2, -0.15) is 0 Å². The lowest BCUT2D eigenvalue weighted by molar-refractivity contribution is 0.401. The van der Waals surface area contributed by atoms with Gasteiger partial charge >= 0.3 is 0 Å². The highest BCUT2D eigenvalue weighted by Crippen LogP contribution is 2.60. The lowest BCUT2D eigenvalue weighted by Crippen LogP contribution is -2.26. The lowest BCUT2D eigenvalue weighted by atomic mass is 9.69. The van der Waals surface area contributed by atoms with Gasteiger partial charge in [0.25, 0.3) is 0 Å². The molecular formula is C141H141N3. The molecule has 3 nitrogen and oxygen atoms in total. The summed E-state index contributed by atoms with van der Waals surface area (Å²) in [6.07, 6.45) is 35.4. The Morgan fingerprint density at radius 2 is 0.326 bits per heavy atom. The number of unbranched alkanes of at least 4 members (excludes halogenated alkanes) is 18. The Labute approximate surface area is 861 Å². The molecule has 16 aromatic rings. The summed E-state index contributed by atoms with van der Waals surface area (Å²) in [6, 6.07) is 144. The molecule has 0 heterocycles. The van der Waals surface area contributed by atoms with Crippen LogP contribution >= 0.6 is 0 Å². The standard InChI is InChI=1S/C141H141N3/c1-7-13-19-43-91-139(92-44-20-14-8-2)133-97-109(64-61-106-67-79-124(80-68-106)142(118-49-31-25-32-50-118)119-51-33-26-34-52-119)73-85-127(133)130-88-76-112(103-136(130)139)115-100-116(113-77-89-131-128-86-74-110(98-134(128)140(137(131)104-113,93-45-21-15-9-3)94-46-22-16-10-4)65-62-107-69-81-125(82-70-107)143(120-53-35-27-36-54-120)121-55-37-28-38-56-121)102-117(101-115)114-78-90-132-129-87-75-111(99-135(129)141(138(132)105-114,95-47-23-17-11-5)96-48-24-18-12-6)66-63-108-71-83-126(84-72-108)144(122-57-39-29-40-58-122)123-59-41-30-42-60-123/h25-42,49-60,67-90,97-105H,7-24,43-48,91-96H2,1-6H3. The van der Waals surface area contributed by atoms with E-state index in [1.165, 1.54) is 254 Å². The average molecular weight is 1880 g/mol. The third-order valence-electron chi connectivity index (χ3n) is 31.3. The van der Waals surface area contributed by atoms with Crippen LogP contribution in [0.4, 0.5) is 51.2 Å². The second-order valence-electron chi connectivity index (χ2n) is 40.9. The van der Waals surface area contributed by atoms with Crippen LogP contribution < -0.4 is 14.7 Å². The molecule has 144 heavy (non-hydrogen) atoms. The van der Waals surface area contributed by atoms with Crippen molar-refractivity contribution >= 4 is 51.2 Å². The number of anilines is 9. The van der Waals surface area contributed by atoms with Gasteiger partial charge in [0.2, 0.25) is 0 Å². The highest BCUT2D eigenvalue weighted by Gasteiger charge is 2.46. The monoisotopic (exact) mass is 1880 g/mol. The van der Waals surface area contributed by atoms with Crippen molar-refractivity contribution in [3.05, 3.63) is 449 Å². The highest BCUT2D eigenvalue weighted by atomic mass is 15.2. The van der Waals surface area contributed by atoms with E-state index in [1.807, 2.05) is 0 Å². The summed E-state index contributed by atoms with van der Waals surface area (Å²) in [5, 5.41) is 0. The van der Waals surface area contributed by atoms with Crippen LogP contribution in [-0.4, -0.2) is 0 Å². The Bertz CT molecular complexity index is 6350. The summed E-state index contributed by atoms with van der Waals surface area (Å²) in [4.78, 5) is 6.97. The number of benzene rings is 16. The van der Waals surface area contributed by atoms with Gasteiger partial charge in [0, 0.05) is 101 Å². The van der Waals surface area contributed by atoms with E-state index < -0.39 is 0 Å². The summed E-state index contributed by atoms with van der Waals surface area (Å²) in [6.45, 7) is 14.2. The van der Waals surface area contributed by atoms with Crippen molar-refractivity contribution in [1.82, 2.24) is 0 Å². The van der Waals surface area contributed by atoms with Crippen LogP contribution in [0.25, 0.3) is 66.8 Å². The molecule has 3 aliphatic rings. The van der Waals surface area contributed by atoms with Crippen molar-refractivity contribution in [2.75, 3.05) is 14.7 Å². The first-order chi connectivity index (χ1) is 71.1. The van der Waals surface area contributed by atoms with Crippen molar-refractivity contribution < 1.29 is 0 Å². The van der Waals surface area contributed by atoms with Gasteiger partial charge in [-0.25, -0.2) is 0 Å². The zero-order chi connectivity index (χ0) is 98.3. The topological polar surface area (TPSA) is 9.72 Å². The Kier molecular flexibility index (Phi) is 32.3. The third kappa shape index (κ3) is 21.8. The Hall–Kier alpha value is -14.4. The number of hydrogen-bond donors (Lipinski definition) is 0. The van der Waals surface area contributed by atoms with Crippen LogP contribution in [0.1, 0.15) is 301 Å². The van der Waals surface area contributed by atoms with Crippen LogP contribution in [0.3, 0.4) is 0 Å². The molecule has 0 unspecified atom stereocenters. The van der Waals surface area contributed by atoms with E-state index >= 15 is 0 Å².